The minimum Gasteiger partial charge on any atom is -0.588 e. The van der Waals surface area contributed by atoms with Gasteiger partial charge in [0.1, 0.15) is 16.9 Å². The number of nitrogens with zero attached hydrogens (tertiary/aromatic N) is 1. The van der Waals surface area contributed by atoms with E-state index in [1.807, 2.05) is 6.92 Å². The molecule has 1 unspecified atom stereocenters. The number of carbonyl (C=O) groups is 1. The van der Waals surface area contributed by atoms with Crippen molar-refractivity contribution in [2.45, 2.75) is 17.7 Å². The molecule has 0 spiro atoms. The molecule has 6 nitrogen and oxygen atoms in total. The number of carbonyl (C=O) groups excluding carboxylic acids is 1. The molecule has 0 radical (unpaired) electrons. The first kappa shape index (κ1) is 19.5. The van der Waals surface area contributed by atoms with Crippen LogP contribution in [0.4, 0.5) is 14.5 Å². The maximum atomic E-state index is 13.1. The van der Waals surface area contributed by atoms with Gasteiger partial charge >= 0.3 is 5.91 Å². The molecule has 9 heteroatoms. The Bertz CT molecular complexity index is 1050. The number of rotatable bonds is 6. The summed E-state index contributed by atoms with van der Waals surface area (Å²) in [5, 5.41) is 0.645. The van der Waals surface area contributed by atoms with E-state index in [0.717, 1.165) is 0 Å². The lowest BCUT2D eigenvalue weighted by Gasteiger charge is -2.40. The van der Waals surface area contributed by atoms with Gasteiger partial charge in [-0.15, -0.1) is 0 Å². The first-order valence-corrected chi connectivity index (χ1v) is 10.1. The van der Waals surface area contributed by atoms with E-state index >= 15 is 0 Å². The van der Waals surface area contributed by atoms with Gasteiger partial charge in [0.2, 0.25) is 4.90 Å². The Labute approximate surface area is 168 Å². The number of anilines is 1. The highest BCUT2D eigenvalue weighted by atomic mass is 32.2. The molecule has 1 aliphatic rings. The minimum atomic E-state index is -2.68. The van der Waals surface area contributed by atoms with Crippen LogP contribution < -0.4 is 14.4 Å². The predicted molar refractivity (Wildman–Crippen MR) is 105 cm³/mol. The predicted octanol–water partition coefficient (Wildman–Crippen LogP) is 3.74. The van der Waals surface area contributed by atoms with E-state index in [9.17, 15) is 18.1 Å². The molecular formula is C20H18F2N2O4S. The van der Waals surface area contributed by atoms with Crippen LogP contribution in [0.1, 0.15) is 17.5 Å². The Kier molecular flexibility index (Phi) is 5.10. The van der Waals surface area contributed by atoms with Crippen molar-refractivity contribution < 1.29 is 27.3 Å². The highest BCUT2D eigenvalue weighted by molar-refractivity contribution is 7.90. The summed E-state index contributed by atoms with van der Waals surface area (Å²) in [5.41, 5.74) is 0.988. The lowest BCUT2D eigenvalue weighted by molar-refractivity contribution is -0.0262. The highest BCUT2D eigenvalue weighted by Crippen LogP contribution is 2.34. The maximum Gasteiger partial charge on any atom is 0.328 e. The molecule has 1 N–H and O–H groups in total. The van der Waals surface area contributed by atoms with Gasteiger partial charge in [0.25, 0.3) is 5.92 Å². The van der Waals surface area contributed by atoms with Gasteiger partial charge < -0.3 is 18.6 Å². The molecule has 1 fully saturated rings. The summed E-state index contributed by atoms with van der Waals surface area (Å²) in [5.74, 6) is -2.92. The number of furan rings is 1. The summed E-state index contributed by atoms with van der Waals surface area (Å²) in [6.07, 6.45) is 0. The lowest BCUT2D eigenvalue weighted by atomic mass is 10.1. The molecular weight excluding hydrogens is 402 g/mol. The third-order valence-corrected chi connectivity index (χ3v) is 5.58. The lowest BCUT2D eigenvalue weighted by Crippen LogP contribution is -2.56. The molecule has 29 heavy (non-hydrogen) atoms. The molecule has 0 aliphatic carbocycles. The molecule has 0 bridgehead atoms. The van der Waals surface area contributed by atoms with Gasteiger partial charge in [-0.05, 0) is 37.3 Å². The van der Waals surface area contributed by atoms with E-state index in [0.29, 0.717) is 33.9 Å². The fourth-order valence-corrected chi connectivity index (χ4v) is 3.98. The van der Waals surface area contributed by atoms with Gasteiger partial charge in [-0.1, -0.05) is 12.1 Å². The second-order valence-electron chi connectivity index (χ2n) is 6.62. The Hall–Kier alpha value is -2.78. The highest BCUT2D eigenvalue weighted by Gasteiger charge is 2.44. The van der Waals surface area contributed by atoms with E-state index in [4.69, 9.17) is 9.15 Å². The van der Waals surface area contributed by atoms with Gasteiger partial charge in [0.05, 0.1) is 19.7 Å². The summed E-state index contributed by atoms with van der Waals surface area (Å²) < 4.78 is 52.1. The summed E-state index contributed by atoms with van der Waals surface area (Å²) in [6.45, 7) is 1.52. The Morgan fingerprint density at radius 1 is 1.28 bits per heavy atom. The van der Waals surface area contributed by atoms with Crippen molar-refractivity contribution >= 4 is 33.9 Å². The van der Waals surface area contributed by atoms with Crippen LogP contribution in [0.5, 0.6) is 5.75 Å². The first-order chi connectivity index (χ1) is 13.9. The van der Waals surface area contributed by atoms with Crippen LogP contribution in [0, 0.1) is 0 Å². The number of hydrogen-bond acceptors (Lipinski definition) is 5. The third kappa shape index (κ3) is 4.01. The maximum absolute atomic E-state index is 13.1. The van der Waals surface area contributed by atoms with Crippen LogP contribution >= 0.6 is 0 Å². The molecule has 3 aromatic rings. The monoisotopic (exact) mass is 420 g/mol. The molecule has 2 aromatic carbocycles. The quantitative estimate of drug-likeness (QED) is 0.615. The fraction of sp³-hybridized carbons (Fsp3) is 0.250. The van der Waals surface area contributed by atoms with Crippen molar-refractivity contribution in [1.29, 1.82) is 0 Å². The number of fused-ring (bicyclic) bond motifs is 1. The number of nitrogens with one attached hydrogen (secondary N) is 1. The van der Waals surface area contributed by atoms with Gasteiger partial charge in [-0.3, -0.25) is 4.79 Å². The number of ether oxygens (including phenoxy) is 1. The van der Waals surface area contributed by atoms with Crippen molar-refractivity contribution in [3.05, 3.63) is 54.3 Å². The Morgan fingerprint density at radius 3 is 2.76 bits per heavy atom. The molecule has 1 aliphatic heterocycles. The largest absolute Gasteiger partial charge is 0.588 e. The summed E-state index contributed by atoms with van der Waals surface area (Å²) in [7, 11) is 0. The third-order valence-electron chi connectivity index (χ3n) is 4.47. The number of para-hydroxylation sites is 1. The van der Waals surface area contributed by atoms with Gasteiger partial charge in [0.15, 0.2) is 11.5 Å². The number of benzene rings is 2. The van der Waals surface area contributed by atoms with E-state index in [1.165, 1.54) is 11.0 Å². The van der Waals surface area contributed by atoms with Crippen molar-refractivity contribution in [3.63, 3.8) is 0 Å². The molecule has 2 heterocycles. The molecule has 1 atom stereocenters. The standard InChI is InChI=1S/C20H18F2N2O4S/c1-2-27-15-5-3-4-6-18(15)29(26)23-19(25)17-9-13-7-8-14(10-16(13)28-17)24-11-20(21,22)12-24/h3-10H,2,11-12H2,1H3,(H,23,25). The van der Waals surface area contributed by atoms with Crippen LogP contribution in [0.15, 0.2) is 57.8 Å². The van der Waals surface area contributed by atoms with Gasteiger partial charge in [-0.2, -0.15) is 4.72 Å². The topological polar surface area (TPSA) is 77.8 Å². The van der Waals surface area contributed by atoms with Crippen molar-refractivity contribution in [3.8, 4) is 5.75 Å². The summed E-state index contributed by atoms with van der Waals surface area (Å²) in [6, 6.07) is 13.3. The SMILES string of the molecule is CCOc1ccccc1[S+]([O-])NC(=O)c1cc2ccc(N3CC(F)(F)C3)cc2o1. The number of amides is 1. The second kappa shape index (κ2) is 7.57. The van der Waals surface area contributed by atoms with Gasteiger partial charge in [0, 0.05) is 17.1 Å². The van der Waals surface area contributed by atoms with Gasteiger partial charge in [-0.25, -0.2) is 8.78 Å². The second-order valence-corrected chi connectivity index (χ2v) is 7.81. The summed E-state index contributed by atoms with van der Waals surface area (Å²) in [4.78, 5) is 14.4. The zero-order valence-corrected chi connectivity index (χ0v) is 16.3. The van der Waals surface area contributed by atoms with E-state index in [-0.39, 0.29) is 18.8 Å². The Balaban J connectivity index is 1.50. The van der Waals surface area contributed by atoms with Crippen LogP contribution in [-0.4, -0.2) is 36.1 Å². The fourth-order valence-electron chi connectivity index (χ4n) is 3.09. The van der Waals surface area contributed by atoms with Crippen molar-refractivity contribution in [2.24, 2.45) is 0 Å². The first-order valence-electron chi connectivity index (χ1n) is 8.97. The number of alkyl halides is 2. The summed E-state index contributed by atoms with van der Waals surface area (Å²) >= 11 is -1.84. The van der Waals surface area contributed by atoms with Crippen LogP contribution in [0.2, 0.25) is 0 Å². The zero-order valence-electron chi connectivity index (χ0n) is 15.5. The number of halogens is 2. The molecule has 4 rings (SSSR count). The van der Waals surface area contributed by atoms with E-state index in [2.05, 4.69) is 4.72 Å². The normalized spacial score (nSPS) is 16.3. The van der Waals surface area contributed by atoms with Crippen molar-refractivity contribution in [2.75, 3.05) is 24.6 Å². The van der Waals surface area contributed by atoms with Crippen LogP contribution in [-0.2, 0) is 11.4 Å². The average Bonchev–Trinajstić information content (AvgIpc) is 3.10. The Morgan fingerprint density at radius 2 is 2.03 bits per heavy atom. The van der Waals surface area contributed by atoms with E-state index < -0.39 is 23.2 Å². The molecule has 1 aromatic heterocycles. The average molecular weight is 420 g/mol. The zero-order chi connectivity index (χ0) is 20.6. The smallest absolute Gasteiger partial charge is 0.328 e. The molecule has 0 saturated carbocycles. The molecule has 1 amide bonds. The minimum absolute atomic E-state index is 0.0201. The van der Waals surface area contributed by atoms with Crippen LogP contribution in [0.25, 0.3) is 11.0 Å². The van der Waals surface area contributed by atoms with E-state index in [1.54, 1.807) is 42.5 Å². The van der Waals surface area contributed by atoms with Crippen LogP contribution in [0.3, 0.4) is 0 Å². The number of hydrogen-bond donors (Lipinski definition) is 1. The molecule has 1 saturated heterocycles. The van der Waals surface area contributed by atoms with Crippen molar-refractivity contribution in [1.82, 2.24) is 4.72 Å². The molecule has 152 valence electrons.